The molecule has 1 aliphatic rings. The van der Waals surface area contributed by atoms with E-state index < -0.39 is 0 Å². The maximum absolute atomic E-state index is 6.40. The van der Waals surface area contributed by atoms with E-state index in [1.807, 2.05) is 18.2 Å². The van der Waals surface area contributed by atoms with Gasteiger partial charge in [0.25, 0.3) is 0 Å². The summed E-state index contributed by atoms with van der Waals surface area (Å²) in [5.74, 6) is 0. The first-order valence-electron chi connectivity index (χ1n) is 6.61. The summed E-state index contributed by atoms with van der Waals surface area (Å²) in [7, 11) is 2.06. The zero-order chi connectivity index (χ0) is 13.7. The molecule has 1 aromatic heterocycles. The van der Waals surface area contributed by atoms with Crippen LogP contribution in [-0.4, -0.2) is 13.3 Å². The van der Waals surface area contributed by atoms with E-state index in [1.54, 1.807) is 11.3 Å². The maximum Gasteiger partial charge on any atom is 0.160 e. The molecule has 2 aromatic carbocycles. The van der Waals surface area contributed by atoms with Gasteiger partial charge in [0.05, 0.1) is 5.69 Å². The Kier molecular flexibility index (Phi) is 2.49. The Bertz CT molecular complexity index is 766. The van der Waals surface area contributed by atoms with Crippen LogP contribution in [0.15, 0.2) is 54.6 Å². The minimum Gasteiger partial charge on any atom is -0.339 e. The van der Waals surface area contributed by atoms with Gasteiger partial charge in [0, 0.05) is 22.8 Å². The first-order chi connectivity index (χ1) is 9.77. The molecule has 2 N–H and O–H groups in total. The highest BCUT2D eigenvalue weighted by molar-refractivity contribution is 7.23. The van der Waals surface area contributed by atoms with E-state index >= 15 is 0 Å². The third-order valence-corrected chi connectivity index (χ3v) is 4.98. The number of fused-ring (bicyclic) bond motifs is 3. The van der Waals surface area contributed by atoms with E-state index in [0.717, 1.165) is 5.69 Å². The highest BCUT2D eigenvalue weighted by Gasteiger charge is 2.35. The highest BCUT2D eigenvalue weighted by atomic mass is 32.1. The molecule has 0 saturated heterocycles. The monoisotopic (exact) mass is 281 g/mol. The number of thiophene rings is 1. The van der Waals surface area contributed by atoms with E-state index in [0.29, 0.717) is 0 Å². The number of anilines is 3. The van der Waals surface area contributed by atoms with Crippen molar-refractivity contribution < 1.29 is 0 Å². The van der Waals surface area contributed by atoms with Gasteiger partial charge in [0.1, 0.15) is 5.00 Å². The van der Waals surface area contributed by atoms with Crippen molar-refractivity contribution in [2.75, 3.05) is 16.8 Å². The molecule has 1 aliphatic heterocycles. The summed E-state index contributed by atoms with van der Waals surface area (Å²) in [6, 6.07) is 18.8. The molecule has 100 valence electrons. The van der Waals surface area contributed by atoms with Crippen molar-refractivity contribution in [3.8, 4) is 0 Å². The van der Waals surface area contributed by atoms with Gasteiger partial charge in [-0.15, -0.1) is 11.3 Å². The normalized spacial score (nSPS) is 17.8. The van der Waals surface area contributed by atoms with Gasteiger partial charge < -0.3 is 4.90 Å². The number of para-hydroxylation sites is 1. The molecule has 1 unspecified atom stereocenters. The van der Waals surface area contributed by atoms with E-state index in [9.17, 15) is 0 Å². The Morgan fingerprint density at radius 1 is 1.00 bits per heavy atom. The number of hydrogen-bond acceptors (Lipinski definition) is 4. The third kappa shape index (κ3) is 1.49. The molecule has 20 heavy (non-hydrogen) atoms. The molecule has 2 heterocycles. The summed E-state index contributed by atoms with van der Waals surface area (Å²) in [5, 5.41) is 2.51. The highest BCUT2D eigenvalue weighted by Crippen LogP contribution is 2.51. The van der Waals surface area contributed by atoms with Crippen molar-refractivity contribution in [3.63, 3.8) is 0 Å². The number of nitrogens with two attached hydrogens (primary N) is 1. The molecule has 0 radical (unpaired) electrons. The van der Waals surface area contributed by atoms with Crippen LogP contribution >= 0.6 is 11.3 Å². The van der Waals surface area contributed by atoms with Crippen LogP contribution < -0.4 is 15.5 Å². The van der Waals surface area contributed by atoms with Gasteiger partial charge in [0.15, 0.2) is 6.29 Å². The Morgan fingerprint density at radius 2 is 1.70 bits per heavy atom. The van der Waals surface area contributed by atoms with Crippen LogP contribution in [0.2, 0.25) is 0 Å². The summed E-state index contributed by atoms with van der Waals surface area (Å²) in [6.07, 6.45) is -0.150. The first-order valence-corrected chi connectivity index (χ1v) is 7.43. The molecule has 3 nitrogen and oxygen atoms in total. The van der Waals surface area contributed by atoms with E-state index in [4.69, 9.17) is 5.73 Å². The fourth-order valence-electron chi connectivity index (χ4n) is 2.81. The second-order valence-electron chi connectivity index (χ2n) is 4.98. The Morgan fingerprint density at radius 3 is 2.50 bits per heavy atom. The van der Waals surface area contributed by atoms with Crippen LogP contribution in [0.1, 0.15) is 0 Å². The summed E-state index contributed by atoms with van der Waals surface area (Å²) >= 11 is 1.80. The Hall–Kier alpha value is -2.04. The van der Waals surface area contributed by atoms with Gasteiger partial charge in [-0.05, 0) is 18.2 Å². The molecule has 0 spiro atoms. The third-order valence-electron chi connectivity index (χ3n) is 3.82. The molecule has 0 aliphatic carbocycles. The quantitative estimate of drug-likeness (QED) is 0.737. The van der Waals surface area contributed by atoms with Crippen LogP contribution in [0.3, 0.4) is 0 Å². The number of benzene rings is 2. The Labute approximate surface area is 121 Å². The lowest BCUT2D eigenvalue weighted by Crippen LogP contribution is -2.46. The average molecular weight is 281 g/mol. The second-order valence-corrected chi connectivity index (χ2v) is 6.01. The largest absolute Gasteiger partial charge is 0.339 e. The molecule has 0 amide bonds. The van der Waals surface area contributed by atoms with Gasteiger partial charge in [-0.3, -0.25) is 10.6 Å². The van der Waals surface area contributed by atoms with Crippen molar-refractivity contribution in [1.29, 1.82) is 0 Å². The second kappa shape index (κ2) is 4.23. The van der Waals surface area contributed by atoms with Crippen LogP contribution in [-0.2, 0) is 0 Å². The topological polar surface area (TPSA) is 32.5 Å². The summed E-state index contributed by atoms with van der Waals surface area (Å²) < 4.78 is 1.30. The number of nitrogens with zero attached hydrogens (tertiary/aromatic N) is 2. The number of rotatable bonds is 1. The van der Waals surface area contributed by atoms with Gasteiger partial charge in [0.2, 0.25) is 0 Å². The molecule has 1 atom stereocenters. The molecule has 0 fully saturated rings. The van der Waals surface area contributed by atoms with E-state index in [-0.39, 0.29) is 6.29 Å². The minimum absolute atomic E-state index is 0.150. The van der Waals surface area contributed by atoms with Crippen molar-refractivity contribution in [3.05, 3.63) is 54.6 Å². The van der Waals surface area contributed by atoms with Gasteiger partial charge in [-0.1, -0.05) is 36.4 Å². The minimum atomic E-state index is -0.150. The lowest BCUT2D eigenvalue weighted by Gasteiger charge is -2.27. The van der Waals surface area contributed by atoms with Crippen molar-refractivity contribution in [2.24, 2.45) is 5.73 Å². The van der Waals surface area contributed by atoms with Crippen LogP contribution in [0.25, 0.3) is 10.1 Å². The smallest absolute Gasteiger partial charge is 0.160 e. The van der Waals surface area contributed by atoms with Crippen molar-refractivity contribution in [2.45, 2.75) is 6.29 Å². The van der Waals surface area contributed by atoms with Crippen molar-refractivity contribution >= 4 is 37.8 Å². The molecule has 4 rings (SSSR count). The first kappa shape index (κ1) is 11.8. The van der Waals surface area contributed by atoms with Crippen molar-refractivity contribution in [1.82, 2.24) is 0 Å². The van der Waals surface area contributed by atoms with Crippen LogP contribution in [0.5, 0.6) is 0 Å². The lowest BCUT2D eigenvalue weighted by molar-refractivity contribution is 0.703. The Balaban J connectivity index is 1.96. The van der Waals surface area contributed by atoms with Gasteiger partial charge in [-0.25, -0.2) is 0 Å². The fraction of sp³-hybridized carbons (Fsp3) is 0.125. The summed E-state index contributed by atoms with van der Waals surface area (Å²) in [5.41, 5.74) is 8.77. The lowest BCUT2D eigenvalue weighted by atomic mass is 10.2. The zero-order valence-electron chi connectivity index (χ0n) is 11.2. The molecule has 4 heteroatoms. The summed E-state index contributed by atoms with van der Waals surface area (Å²) in [4.78, 5) is 4.36. The van der Waals surface area contributed by atoms with E-state index in [1.165, 1.54) is 20.8 Å². The molecular weight excluding hydrogens is 266 g/mol. The molecular formula is C16H15N3S. The predicted octanol–water partition coefficient (Wildman–Crippen LogP) is 3.73. The van der Waals surface area contributed by atoms with Gasteiger partial charge >= 0.3 is 0 Å². The molecule has 0 bridgehead atoms. The zero-order valence-corrected chi connectivity index (χ0v) is 12.0. The molecule has 3 aromatic rings. The standard InChI is InChI=1S/C16H15N3S/c1-18-14-12-9-5-6-10-13(12)20-15(14)19(16(18)17)11-7-3-2-4-8-11/h2-10,16H,17H2,1H3. The SMILES string of the molecule is CN1c2c(sc3ccccc23)N(c2ccccc2)C1N. The van der Waals surface area contributed by atoms with Gasteiger partial charge in [-0.2, -0.15) is 0 Å². The average Bonchev–Trinajstić information content (AvgIpc) is 2.96. The van der Waals surface area contributed by atoms with Crippen LogP contribution in [0, 0.1) is 0 Å². The molecule has 0 saturated carbocycles. The maximum atomic E-state index is 6.40. The van der Waals surface area contributed by atoms with E-state index in [2.05, 4.69) is 53.2 Å². The fourth-order valence-corrected chi connectivity index (χ4v) is 4.10. The number of hydrogen-bond donors (Lipinski definition) is 1. The predicted molar refractivity (Wildman–Crippen MR) is 86.8 cm³/mol. The summed E-state index contributed by atoms with van der Waals surface area (Å²) in [6.45, 7) is 0. The van der Waals surface area contributed by atoms with Crippen LogP contribution in [0.4, 0.5) is 16.4 Å².